The number of halogens is 4. The third kappa shape index (κ3) is 3.07. The Labute approximate surface area is 131 Å². The van der Waals surface area contributed by atoms with E-state index in [4.69, 9.17) is 23.2 Å². The Hall–Kier alpha value is 0.460. The highest BCUT2D eigenvalue weighted by Crippen LogP contribution is 2.40. The summed E-state index contributed by atoms with van der Waals surface area (Å²) in [7, 11) is 0. The SMILES string of the molecule is Cc1ccc(C(Cl)c2cc(Br)c(Br)s2)cc1Cl. The Bertz CT molecular complexity index is 532. The van der Waals surface area contributed by atoms with E-state index >= 15 is 0 Å². The summed E-state index contributed by atoms with van der Waals surface area (Å²) in [4.78, 5) is 1.09. The van der Waals surface area contributed by atoms with Gasteiger partial charge in [-0.15, -0.1) is 22.9 Å². The largest absolute Gasteiger partial charge is 0.130 e. The number of hydrogen-bond donors (Lipinski definition) is 0. The van der Waals surface area contributed by atoms with E-state index in [0.29, 0.717) is 0 Å². The highest BCUT2D eigenvalue weighted by molar-refractivity contribution is 9.13. The topological polar surface area (TPSA) is 0 Å². The van der Waals surface area contributed by atoms with Crippen molar-refractivity contribution >= 4 is 66.4 Å². The van der Waals surface area contributed by atoms with Crippen molar-refractivity contribution in [2.75, 3.05) is 0 Å². The minimum absolute atomic E-state index is 0.166. The third-order valence-corrected chi connectivity index (χ3v) is 6.75. The van der Waals surface area contributed by atoms with Gasteiger partial charge in [-0.2, -0.15) is 0 Å². The smallest absolute Gasteiger partial charge is 0.0929 e. The minimum Gasteiger partial charge on any atom is -0.130 e. The molecule has 0 aliphatic heterocycles. The van der Waals surface area contributed by atoms with E-state index < -0.39 is 0 Å². The molecular weight excluding hydrogens is 407 g/mol. The van der Waals surface area contributed by atoms with Crippen molar-refractivity contribution in [2.24, 2.45) is 0 Å². The maximum Gasteiger partial charge on any atom is 0.0929 e. The molecule has 17 heavy (non-hydrogen) atoms. The molecule has 0 aliphatic carbocycles. The molecular formula is C12H8Br2Cl2S. The first-order valence-corrected chi connectivity index (χ1v) is 8.05. The highest BCUT2D eigenvalue weighted by atomic mass is 79.9. The number of alkyl halides is 1. The van der Waals surface area contributed by atoms with Crippen LogP contribution in [-0.4, -0.2) is 0 Å². The Morgan fingerprint density at radius 3 is 2.47 bits per heavy atom. The number of aryl methyl sites for hydroxylation is 1. The van der Waals surface area contributed by atoms with Gasteiger partial charge in [-0.3, -0.25) is 0 Å². The molecule has 2 rings (SSSR count). The van der Waals surface area contributed by atoms with Crippen molar-refractivity contribution in [3.8, 4) is 0 Å². The van der Waals surface area contributed by atoms with Gasteiger partial charge in [0.25, 0.3) is 0 Å². The van der Waals surface area contributed by atoms with Crippen LogP contribution in [0.2, 0.25) is 5.02 Å². The van der Waals surface area contributed by atoms with Gasteiger partial charge < -0.3 is 0 Å². The molecule has 1 aromatic carbocycles. The van der Waals surface area contributed by atoms with Crippen LogP contribution in [0.3, 0.4) is 0 Å². The predicted molar refractivity (Wildman–Crippen MR) is 83.6 cm³/mol. The van der Waals surface area contributed by atoms with Gasteiger partial charge in [0.05, 0.1) is 9.16 Å². The molecule has 0 saturated heterocycles. The zero-order chi connectivity index (χ0) is 12.6. The molecule has 0 bridgehead atoms. The molecule has 0 radical (unpaired) electrons. The van der Waals surface area contributed by atoms with Crippen LogP contribution in [0.25, 0.3) is 0 Å². The van der Waals surface area contributed by atoms with E-state index in [0.717, 1.165) is 29.3 Å². The molecule has 0 spiro atoms. The standard InChI is InChI=1S/C12H8Br2Cl2S/c1-6-2-3-7(4-9(6)15)11(16)10-5-8(13)12(14)17-10/h2-5,11H,1H3. The van der Waals surface area contributed by atoms with Crippen LogP contribution >= 0.6 is 66.4 Å². The summed E-state index contributed by atoms with van der Waals surface area (Å²) < 4.78 is 2.08. The number of benzene rings is 1. The van der Waals surface area contributed by atoms with Gasteiger partial charge in [-0.05, 0) is 62.0 Å². The molecule has 1 atom stereocenters. The summed E-state index contributed by atoms with van der Waals surface area (Å²) in [5.74, 6) is 0. The minimum atomic E-state index is -0.166. The highest BCUT2D eigenvalue weighted by Gasteiger charge is 2.16. The van der Waals surface area contributed by atoms with E-state index in [1.165, 1.54) is 0 Å². The van der Waals surface area contributed by atoms with Gasteiger partial charge >= 0.3 is 0 Å². The number of thiophene rings is 1. The first-order valence-electron chi connectivity index (χ1n) is 4.84. The maximum absolute atomic E-state index is 6.45. The van der Waals surface area contributed by atoms with E-state index in [-0.39, 0.29) is 5.38 Å². The second-order valence-electron chi connectivity index (χ2n) is 3.64. The Morgan fingerprint density at radius 1 is 1.24 bits per heavy atom. The second-order valence-corrected chi connectivity index (χ2v) is 7.74. The third-order valence-electron chi connectivity index (χ3n) is 2.40. The van der Waals surface area contributed by atoms with Gasteiger partial charge in [0.1, 0.15) is 0 Å². The number of rotatable bonds is 2. The lowest BCUT2D eigenvalue weighted by Gasteiger charge is -2.09. The van der Waals surface area contributed by atoms with E-state index in [2.05, 4.69) is 31.9 Å². The average Bonchev–Trinajstić information content (AvgIpc) is 2.62. The fourth-order valence-corrected chi connectivity index (χ4v) is 4.04. The Morgan fingerprint density at radius 2 is 1.94 bits per heavy atom. The summed E-state index contributed by atoms with van der Waals surface area (Å²) in [5, 5.41) is 0.587. The monoisotopic (exact) mass is 412 g/mol. The summed E-state index contributed by atoms with van der Waals surface area (Å²) in [6.45, 7) is 1.98. The van der Waals surface area contributed by atoms with Crippen LogP contribution < -0.4 is 0 Å². The molecule has 0 saturated carbocycles. The number of hydrogen-bond acceptors (Lipinski definition) is 1. The van der Waals surface area contributed by atoms with Crippen LogP contribution in [-0.2, 0) is 0 Å². The van der Waals surface area contributed by atoms with Crippen LogP contribution in [0.15, 0.2) is 32.5 Å². The van der Waals surface area contributed by atoms with Gasteiger partial charge in [0.15, 0.2) is 0 Å². The first-order chi connectivity index (χ1) is 7.99. The van der Waals surface area contributed by atoms with Gasteiger partial charge in [-0.1, -0.05) is 23.7 Å². The summed E-state index contributed by atoms with van der Waals surface area (Å²) in [6.07, 6.45) is 0. The lowest BCUT2D eigenvalue weighted by atomic mass is 10.1. The molecule has 90 valence electrons. The van der Waals surface area contributed by atoms with Crippen molar-refractivity contribution in [2.45, 2.75) is 12.3 Å². The van der Waals surface area contributed by atoms with Crippen molar-refractivity contribution in [3.63, 3.8) is 0 Å². The molecule has 0 N–H and O–H groups in total. The van der Waals surface area contributed by atoms with E-state index in [1.54, 1.807) is 11.3 Å². The Kier molecular flexibility index (Phi) is 4.59. The lowest BCUT2D eigenvalue weighted by Crippen LogP contribution is -1.90. The van der Waals surface area contributed by atoms with Crippen LogP contribution in [0.4, 0.5) is 0 Å². The van der Waals surface area contributed by atoms with Gasteiger partial charge in [-0.25, -0.2) is 0 Å². The molecule has 1 heterocycles. The van der Waals surface area contributed by atoms with Crippen molar-refractivity contribution < 1.29 is 0 Å². The predicted octanol–water partition coefficient (Wildman–Crippen LogP) is 6.56. The molecule has 0 nitrogen and oxygen atoms in total. The lowest BCUT2D eigenvalue weighted by molar-refractivity contribution is 1.18. The summed E-state index contributed by atoms with van der Waals surface area (Å²) in [5.41, 5.74) is 2.08. The first kappa shape index (κ1) is 13.9. The van der Waals surface area contributed by atoms with Crippen molar-refractivity contribution in [1.29, 1.82) is 0 Å². The Balaban J connectivity index is 2.36. The van der Waals surface area contributed by atoms with E-state index in [1.807, 2.05) is 31.2 Å². The second kappa shape index (κ2) is 5.62. The molecule has 5 heteroatoms. The van der Waals surface area contributed by atoms with Crippen molar-refractivity contribution in [1.82, 2.24) is 0 Å². The van der Waals surface area contributed by atoms with Gasteiger partial charge in [0, 0.05) is 14.4 Å². The van der Waals surface area contributed by atoms with Crippen LogP contribution in [0.1, 0.15) is 21.4 Å². The normalized spacial score (nSPS) is 12.8. The summed E-state index contributed by atoms with van der Waals surface area (Å²) in [6, 6.07) is 7.96. The maximum atomic E-state index is 6.45. The zero-order valence-corrected chi connectivity index (χ0v) is 14.3. The summed E-state index contributed by atoms with van der Waals surface area (Å²) >= 11 is 21.1. The molecule has 0 amide bonds. The molecule has 1 aromatic heterocycles. The molecule has 0 aliphatic rings. The fraction of sp³-hybridized carbons (Fsp3) is 0.167. The van der Waals surface area contributed by atoms with Crippen molar-refractivity contribution in [3.05, 3.63) is 53.6 Å². The quantitative estimate of drug-likeness (QED) is 0.488. The molecule has 1 unspecified atom stereocenters. The van der Waals surface area contributed by atoms with Gasteiger partial charge in [0.2, 0.25) is 0 Å². The van der Waals surface area contributed by atoms with Crippen LogP contribution in [0, 0.1) is 6.92 Å². The fourth-order valence-electron chi connectivity index (χ4n) is 1.42. The zero-order valence-electron chi connectivity index (χ0n) is 8.81. The van der Waals surface area contributed by atoms with Crippen LogP contribution in [0.5, 0.6) is 0 Å². The molecule has 2 aromatic rings. The average molecular weight is 415 g/mol. The van der Waals surface area contributed by atoms with E-state index in [9.17, 15) is 0 Å². The molecule has 0 fully saturated rings.